The summed E-state index contributed by atoms with van der Waals surface area (Å²) in [5.74, 6) is -0.189. The lowest BCUT2D eigenvalue weighted by Crippen LogP contribution is -2.08. The number of nitrogens with zero attached hydrogens (tertiary/aromatic N) is 1. The van der Waals surface area contributed by atoms with E-state index in [4.69, 9.17) is 0 Å². The molecular weight excluding hydrogens is 153 g/mol. The average molecular weight is 169 g/mol. The van der Waals surface area contributed by atoms with E-state index >= 15 is 0 Å². The number of rotatable bonds is 1. The molecule has 0 fully saturated rings. The van der Waals surface area contributed by atoms with Gasteiger partial charge in [-0.15, -0.1) is 0 Å². The van der Waals surface area contributed by atoms with E-state index in [2.05, 4.69) is 0 Å². The van der Waals surface area contributed by atoms with Gasteiger partial charge in [0.15, 0.2) is 0 Å². The highest BCUT2D eigenvalue weighted by atomic mass is 19.1. The van der Waals surface area contributed by atoms with E-state index < -0.39 is 0 Å². The van der Waals surface area contributed by atoms with E-state index in [0.29, 0.717) is 0 Å². The van der Waals surface area contributed by atoms with Gasteiger partial charge in [0.05, 0.1) is 0 Å². The largest absolute Gasteiger partial charge is 0.378 e. The van der Waals surface area contributed by atoms with Gasteiger partial charge in [0.25, 0.3) is 0 Å². The Balaban J connectivity index is 0.000000561. The molecule has 0 aliphatic carbocycles. The lowest BCUT2D eigenvalue weighted by molar-refractivity contribution is 0.627. The van der Waals surface area contributed by atoms with E-state index in [1.165, 1.54) is 12.1 Å². The van der Waals surface area contributed by atoms with Crippen LogP contribution in [0.1, 0.15) is 13.8 Å². The van der Waals surface area contributed by atoms with E-state index in [9.17, 15) is 4.39 Å². The topological polar surface area (TPSA) is 3.24 Å². The van der Waals surface area contributed by atoms with Crippen LogP contribution in [0.25, 0.3) is 0 Å². The summed E-state index contributed by atoms with van der Waals surface area (Å²) in [5, 5.41) is 0. The molecule has 0 spiro atoms. The zero-order chi connectivity index (χ0) is 9.56. The van der Waals surface area contributed by atoms with E-state index in [1.807, 2.05) is 38.9 Å². The van der Waals surface area contributed by atoms with Crippen LogP contribution in [0.15, 0.2) is 24.3 Å². The molecule has 0 aliphatic rings. The van der Waals surface area contributed by atoms with Gasteiger partial charge in [-0.3, -0.25) is 0 Å². The summed E-state index contributed by atoms with van der Waals surface area (Å²) in [6, 6.07) is 6.50. The summed E-state index contributed by atoms with van der Waals surface area (Å²) in [6.45, 7) is 4.00. The van der Waals surface area contributed by atoms with Crippen molar-refractivity contribution in [1.29, 1.82) is 0 Å². The minimum atomic E-state index is -0.189. The fraction of sp³-hybridized carbons (Fsp3) is 0.400. The van der Waals surface area contributed by atoms with Crippen molar-refractivity contribution in [2.45, 2.75) is 13.8 Å². The first-order valence-corrected chi connectivity index (χ1v) is 4.13. The Kier molecular flexibility index (Phi) is 5.09. The van der Waals surface area contributed by atoms with Crippen LogP contribution in [-0.2, 0) is 0 Å². The molecule has 0 unspecified atom stereocenters. The van der Waals surface area contributed by atoms with Gasteiger partial charge in [0.2, 0.25) is 0 Å². The number of hydrogen-bond acceptors (Lipinski definition) is 1. The molecule has 0 atom stereocenters. The molecule has 68 valence electrons. The van der Waals surface area contributed by atoms with Gasteiger partial charge in [-0.25, -0.2) is 4.39 Å². The van der Waals surface area contributed by atoms with Gasteiger partial charge in [-0.1, -0.05) is 19.9 Å². The van der Waals surface area contributed by atoms with E-state index in [1.54, 1.807) is 6.07 Å². The van der Waals surface area contributed by atoms with Gasteiger partial charge in [0.1, 0.15) is 5.82 Å². The molecule has 1 rings (SSSR count). The van der Waals surface area contributed by atoms with Crippen molar-refractivity contribution in [1.82, 2.24) is 0 Å². The lowest BCUT2D eigenvalue weighted by Gasteiger charge is -2.11. The standard InChI is InChI=1S/C8H10FN.C2H6/c1-10(2)8-5-3-4-7(9)6-8;1-2/h3-6H,1-2H3;1-2H3. The maximum atomic E-state index is 12.5. The highest BCUT2D eigenvalue weighted by Crippen LogP contribution is 2.11. The van der Waals surface area contributed by atoms with Crippen LogP contribution in [0.3, 0.4) is 0 Å². The summed E-state index contributed by atoms with van der Waals surface area (Å²) < 4.78 is 12.5. The minimum Gasteiger partial charge on any atom is -0.378 e. The molecule has 0 aromatic heterocycles. The SMILES string of the molecule is CC.CN(C)c1cccc(F)c1. The maximum Gasteiger partial charge on any atom is 0.125 e. The van der Waals surface area contributed by atoms with Crippen molar-refractivity contribution in [2.24, 2.45) is 0 Å². The van der Waals surface area contributed by atoms with Crippen molar-refractivity contribution in [3.8, 4) is 0 Å². The Morgan fingerprint density at radius 3 is 2.08 bits per heavy atom. The van der Waals surface area contributed by atoms with Crippen LogP contribution in [0.4, 0.5) is 10.1 Å². The minimum absolute atomic E-state index is 0.189. The fourth-order valence-electron chi connectivity index (χ4n) is 0.754. The second kappa shape index (κ2) is 5.58. The van der Waals surface area contributed by atoms with Crippen LogP contribution in [0, 0.1) is 5.82 Å². The zero-order valence-electron chi connectivity index (χ0n) is 8.13. The molecule has 1 nitrogen and oxygen atoms in total. The Morgan fingerprint density at radius 1 is 1.17 bits per heavy atom. The van der Waals surface area contributed by atoms with Crippen molar-refractivity contribution < 1.29 is 4.39 Å². The molecule has 0 heterocycles. The first-order valence-electron chi connectivity index (χ1n) is 4.13. The molecule has 0 saturated heterocycles. The highest BCUT2D eigenvalue weighted by Gasteiger charge is 1.94. The average Bonchev–Trinajstić information content (AvgIpc) is 2.08. The first kappa shape index (κ1) is 11.0. The molecule has 2 heteroatoms. The molecule has 0 aliphatic heterocycles. The Bertz CT molecular complexity index is 221. The Labute approximate surface area is 73.8 Å². The predicted molar refractivity (Wildman–Crippen MR) is 52.1 cm³/mol. The quantitative estimate of drug-likeness (QED) is 0.624. The molecule has 0 N–H and O–H groups in total. The number of benzene rings is 1. The smallest absolute Gasteiger partial charge is 0.125 e. The third kappa shape index (κ3) is 3.37. The summed E-state index contributed by atoms with van der Waals surface area (Å²) in [7, 11) is 3.77. The van der Waals surface area contributed by atoms with Gasteiger partial charge in [0, 0.05) is 19.8 Å². The second-order valence-corrected chi connectivity index (χ2v) is 2.37. The third-order valence-electron chi connectivity index (χ3n) is 1.32. The van der Waals surface area contributed by atoms with Crippen LogP contribution >= 0.6 is 0 Å². The van der Waals surface area contributed by atoms with Crippen LogP contribution < -0.4 is 4.90 Å². The first-order chi connectivity index (χ1) is 5.70. The number of hydrogen-bond donors (Lipinski definition) is 0. The van der Waals surface area contributed by atoms with Crippen LogP contribution in [0.2, 0.25) is 0 Å². The molecule has 0 bridgehead atoms. The van der Waals surface area contributed by atoms with Gasteiger partial charge in [-0.05, 0) is 18.2 Å². The van der Waals surface area contributed by atoms with Gasteiger partial charge in [-0.2, -0.15) is 0 Å². The van der Waals surface area contributed by atoms with Crippen molar-refractivity contribution in [3.05, 3.63) is 30.1 Å². The molecule has 12 heavy (non-hydrogen) atoms. The van der Waals surface area contributed by atoms with E-state index in [-0.39, 0.29) is 5.82 Å². The summed E-state index contributed by atoms with van der Waals surface area (Å²) in [6.07, 6.45) is 0. The molecular formula is C10H16FN. The molecule has 0 amide bonds. The predicted octanol–water partition coefficient (Wildman–Crippen LogP) is 2.92. The molecule has 0 radical (unpaired) electrons. The number of anilines is 1. The molecule has 0 saturated carbocycles. The Morgan fingerprint density at radius 2 is 1.75 bits per heavy atom. The number of halogens is 1. The van der Waals surface area contributed by atoms with Crippen molar-refractivity contribution >= 4 is 5.69 Å². The zero-order valence-corrected chi connectivity index (χ0v) is 8.13. The highest BCUT2D eigenvalue weighted by molar-refractivity contribution is 5.44. The molecule has 1 aromatic carbocycles. The van der Waals surface area contributed by atoms with Gasteiger partial charge >= 0.3 is 0 Å². The Hall–Kier alpha value is -1.05. The summed E-state index contributed by atoms with van der Waals surface area (Å²) in [5.41, 5.74) is 0.889. The maximum absolute atomic E-state index is 12.5. The van der Waals surface area contributed by atoms with Crippen molar-refractivity contribution in [3.63, 3.8) is 0 Å². The third-order valence-corrected chi connectivity index (χ3v) is 1.32. The lowest BCUT2D eigenvalue weighted by atomic mass is 10.3. The van der Waals surface area contributed by atoms with Crippen molar-refractivity contribution in [2.75, 3.05) is 19.0 Å². The molecule has 1 aromatic rings. The van der Waals surface area contributed by atoms with Crippen LogP contribution in [0.5, 0.6) is 0 Å². The van der Waals surface area contributed by atoms with E-state index in [0.717, 1.165) is 5.69 Å². The second-order valence-electron chi connectivity index (χ2n) is 2.37. The van der Waals surface area contributed by atoms with Gasteiger partial charge < -0.3 is 4.90 Å². The summed E-state index contributed by atoms with van der Waals surface area (Å²) in [4.78, 5) is 1.86. The fourth-order valence-corrected chi connectivity index (χ4v) is 0.754. The monoisotopic (exact) mass is 169 g/mol. The normalized spacial score (nSPS) is 8.42. The summed E-state index contributed by atoms with van der Waals surface area (Å²) >= 11 is 0. The van der Waals surface area contributed by atoms with Crippen LogP contribution in [-0.4, -0.2) is 14.1 Å².